The molecule has 5 aliphatic rings. The average molecular weight is 727 g/mol. The first-order valence-corrected chi connectivity index (χ1v) is 19.7. The Morgan fingerprint density at radius 2 is 2.00 bits per heavy atom. The number of benzene rings is 2. The maximum atomic E-state index is 13.6. The minimum Gasteiger partial charge on any atom is -0.490 e. The lowest BCUT2D eigenvalue weighted by Gasteiger charge is -2.46. The van der Waals surface area contributed by atoms with Crippen molar-refractivity contribution < 1.29 is 37.0 Å². The third kappa shape index (κ3) is 7.35. The molecule has 7 rings (SSSR count). The number of fused-ring (bicyclic) bond motifs is 4. The van der Waals surface area contributed by atoms with Crippen LogP contribution in [0.1, 0.15) is 63.5 Å². The molecular weight excluding hydrogens is 680 g/mol. The van der Waals surface area contributed by atoms with Gasteiger partial charge in [0.05, 0.1) is 29.9 Å². The number of hydrogen-bond acceptors (Lipinski definition) is 9. The van der Waals surface area contributed by atoms with Gasteiger partial charge in [0.25, 0.3) is 15.9 Å². The Kier molecular flexibility index (Phi) is 10.1. The second kappa shape index (κ2) is 14.2. The molecule has 10 nitrogen and oxygen atoms in total. The van der Waals surface area contributed by atoms with Crippen molar-refractivity contribution in [3.63, 3.8) is 0 Å². The quantitative estimate of drug-likeness (QED) is 0.405. The number of anilines is 1. The fourth-order valence-electron chi connectivity index (χ4n) is 8.25. The van der Waals surface area contributed by atoms with Crippen molar-refractivity contribution in [3.05, 3.63) is 64.7 Å². The predicted molar refractivity (Wildman–Crippen MR) is 189 cm³/mol. The molecule has 1 N–H and O–H groups in total. The zero-order valence-corrected chi connectivity index (χ0v) is 30.4. The molecule has 1 spiro atoms. The number of amides is 1. The Morgan fingerprint density at radius 1 is 1.14 bits per heavy atom. The molecule has 5 atom stereocenters. The SMILES string of the molecule is CC1(C)OC/C=C/[C@H](OCC(=O)C[C@H]2CCOC2)[C@@H]2CC[C@H]2CN2C[C@@]3(CCCc4cc(Cl)ccc43)COc3ccc(cc32)S(=O)(=O)NC1=O. The Morgan fingerprint density at radius 3 is 2.78 bits per heavy atom. The summed E-state index contributed by atoms with van der Waals surface area (Å²) in [6.07, 6.45) is 9.50. The van der Waals surface area contributed by atoms with Gasteiger partial charge in [0.2, 0.25) is 0 Å². The smallest absolute Gasteiger partial charge is 0.265 e. The Labute approximate surface area is 299 Å². The van der Waals surface area contributed by atoms with Crippen molar-refractivity contribution in [2.45, 2.75) is 80.8 Å². The predicted octanol–water partition coefficient (Wildman–Crippen LogP) is 5.39. The van der Waals surface area contributed by atoms with E-state index in [1.165, 1.54) is 31.0 Å². The first kappa shape index (κ1) is 35.4. The highest BCUT2D eigenvalue weighted by molar-refractivity contribution is 7.90. The van der Waals surface area contributed by atoms with Crippen LogP contribution in [0.15, 0.2) is 53.4 Å². The second-order valence-corrected chi connectivity index (χ2v) is 17.3. The van der Waals surface area contributed by atoms with Gasteiger partial charge >= 0.3 is 0 Å². The fourth-order valence-corrected chi connectivity index (χ4v) is 9.57. The number of sulfonamides is 1. The lowest BCUT2D eigenvalue weighted by atomic mass is 9.68. The van der Waals surface area contributed by atoms with Crippen LogP contribution in [0.4, 0.5) is 5.69 Å². The summed E-state index contributed by atoms with van der Waals surface area (Å²) >= 11 is 6.44. The van der Waals surface area contributed by atoms with Crippen LogP contribution in [0, 0.1) is 17.8 Å². The van der Waals surface area contributed by atoms with E-state index in [0.717, 1.165) is 38.5 Å². The van der Waals surface area contributed by atoms with E-state index in [2.05, 4.69) is 21.8 Å². The number of carbonyl (C=O) groups excluding carboxylic acids is 2. The normalized spacial score (nSPS) is 30.9. The van der Waals surface area contributed by atoms with Gasteiger partial charge in [0.15, 0.2) is 5.78 Å². The van der Waals surface area contributed by atoms with Crippen LogP contribution in [-0.2, 0) is 45.7 Å². The minimum absolute atomic E-state index is 0.0214. The molecule has 50 heavy (non-hydrogen) atoms. The van der Waals surface area contributed by atoms with Crippen molar-refractivity contribution >= 4 is 39.0 Å². The van der Waals surface area contributed by atoms with Crippen LogP contribution >= 0.6 is 11.6 Å². The number of ketones is 1. The highest BCUT2D eigenvalue weighted by Gasteiger charge is 2.45. The van der Waals surface area contributed by atoms with Gasteiger partial charge in [-0.15, -0.1) is 0 Å². The van der Waals surface area contributed by atoms with Gasteiger partial charge in [-0.3, -0.25) is 9.59 Å². The summed E-state index contributed by atoms with van der Waals surface area (Å²) in [6.45, 7) is 6.19. The zero-order valence-electron chi connectivity index (χ0n) is 28.8. The van der Waals surface area contributed by atoms with E-state index < -0.39 is 21.5 Å². The van der Waals surface area contributed by atoms with Crippen LogP contribution in [0.25, 0.3) is 0 Å². The lowest BCUT2D eigenvalue weighted by molar-refractivity contribution is -0.139. The Bertz CT molecular complexity index is 1760. The molecule has 0 radical (unpaired) electrons. The van der Waals surface area contributed by atoms with Gasteiger partial charge in [-0.2, -0.15) is 0 Å². The van der Waals surface area contributed by atoms with Crippen molar-refractivity contribution in [2.75, 3.05) is 51.0 Å². The molecule has 1 saturated carbocycles. The number of nitrogens with one attached hydrogen (secondary N) is 1. The van der Waals surface area contributed by atoms with E-state index in [9.17, 15) is 18.0 Å². The molecule has 2 aromatic rings. The number of rotatable bonds is 5. The third-order valence-electron chi connectivity index (χ3n) is 11.3. The molecule has 0 unspecified atom stereocenters. The summed E-state index contributed by atoms with van der Waals surface area (Å²) in [6, 6.07) is 10.9. The van der Waals surface area contributed by atoms with Gasteiger partial charge < -0.3 is 23.8 Å². The van der Waals surface area contributed by atoms with Gasteiger partial charge in [-0.25, -0.2) is 13.1 Å². The van der Waals surface area contributed by atoms with E-state index in [1.54, 1.807) is 12.1 Å². The topological polar surface area (TPSA) is 120 Å². The number of aryl methyl sites for hydroxylation is 1. The van der Waals surface area contributed by atoms with E-state index in [4.69, 9.17) is 30.5 Å². The number of Topliss-reactive ketones (excluding diaryl/α,β-unsaturated/α-hetero) is 1. The van der Waals surface area contributed by atoms with Crippen molar-refractivity contribution in [2.24, 2.45) is 17.8 Å². The standard InChI is InChI=1S/C38H47ClN2O8S/c1-37(2)36(43)40-50(44,45)30-9-12-35-33(19-30)41(23-38(24-48-35)14-3-5-26-18-28(39)8-11-32(26)38)20-27-7-10-31(27)34(6-4-15-49-37)47-22-29(42)17-25-13-16-46-21-25/h4,6,8-9,11-12,18-19,25,27,31,34H,3,5,7,10,13-17,20-24H2,1-2H3,(H,40,43)/b6-4+/t25-,27+,31-,34+,38+/m1/s1. The summed E-state index contributed by atoms with van der Waals surface area (Å²) in [7, 11) is -4.23. The first-order chi connectivity index (χ1) is 23.9. The van der Waals surface area contributed by atoms with Crippen LogP contribution in [-0.4, -0.2) is 77.9 Å². The first-order valence-electron chi connectivity index (χ1n) is 17.8. The van der Waals surface area contributed by atoms with Crippen LogP contribution < -0.4 is 14.4 Å². The molecule has 2 aromatic carbocycles. The van der Waals surface area contributed by atoms with Gasteiger partial charge in [0, 0.05) is 43.2 Å². The highest BCUT2D eigenvalue weighted by atomic mass is 35.5. The number of nitrogens with zero attached hydrogens (tertiary/aromatic N) is 1. The molecular formula is C38H47ClN2O8S. The molecule has 270 valence electrons. The van der Waals surface area contributed by atoms with Crippen molar-refractivity contribution in [3.8, 4) is 5.75 Å². The molecule has 1 amide bonds. The fraction of sp³-hybridized carbons (Fsp3) is 0.579. The summed E-state index contributed by atoms with van der Waals surface area (Å²) in [5.41, 5.74) is 1.34. The minimum atomic E-state index is -4.23. The largest absolute Gasteiger partial charge is 0.490 e. The maximum absolute atomic E-state index is 13.6. The third-order valence-corrected chi connectivity index (χ3v) is 12.9. The van der Waals surface area contributed by atoms with Gasteiger partial charge in [-0.05, 0) is 112 Å². The lowest BCUT2D eigenvalue weighted by Crippen LogP contribution is -2.50. The zero-order chi connectivity index (χ0) is 35.1. The number of ether oxygens (including phenoxy) is 4. The van der Waals surface area contributed by atoms with Crippen LogP contribution in [0.5, 0.6) is 5.75 Å². The summed E-state index contributed by atoms with van der Waals surface area (Å²) in [5.74, 6) is 0.477. The Balaban J connectivity index is 1.24. The average Bonchev–Trinajstić information content (AvgIpc) is 3.52. The van der Waals surface area contributed by atoms with E-state index in [1.807, 2.05) is 18.2 Å². The summed E-state index contributed by atoms with van der Waals surface area (Å²) in [5, 5.41) is 0.709. The Hall–Kier alpha value is -2.96. The van der Waals surface area contributed by atoms with Crippen molar-refractivity contribution in [1.82, 2.24) is 4.72 Å². The number of hydrogen-bond donors (Lipinski definition) is 1. The van der Waals surface area contributed by atoms with E-state index in [-0.39, 0.29) is 53.2 Å². The molecule has 2 aliphatic carbocycles. The van der Waals surface area contributed by atoms with Crippen molar-refractivity contribution in [1.29, 1.82) is 0 Å². The van der Waals surface area contributed by atoms with Gasteiger partial charge in [0.1, 0.15) is 18.0 Å². The molecule has 2 fully saturated rings. The van der Waals surface area contributed by atoms with Crippen LogP contribution in [0.3, 0.4) is 0 Å². The van der Waals surface area contributed by atoms with Crippen LogP contribution in [0.2, 0.25) is 5.02 Å². The number of carbonyl (C=O) groups is 2. The second-order valence-electron chi connectivity index (χ2n) is 15.2. The molecule has 0 aromatic heterocycles. The molecule has 3 heterocycles. The maximum Gasteiger partial charge on any atom is 0.265 e. The highest BCUT2D eigenvalue weighted by Crippen LogP contribution is 2.47. The summed E-state index contributed by atoms with van der Waals surface area (Å²) < 4.78 is 53.8. The van der Waals surface area contributed by atoms with E-state index >= 15 is 0 Å². The molecule has 2 bridgehead atoms. The van der Waals surface area contributed by atoms with Gasteiger partial charge in [-0.1, -0.05) is 29.8 Å². The molecule has 12 heteroatoms. The monoisotopic (exact) mass is 726 g/mol. The summed E-state index contributed by atoms with van der Waals surface area (Å²) in [4.78, 5) is 28.5. The number of halogens is 1. The van der Waals surface area contributed by atoms with E-state index in [0.29, 0.717) is 55.8 Å². The molecule has 1 saturated heterocycles. The molecule has 3 aliphatic heterocycles.